The van der Waals surface area contributed by atoms with Crippen molar-refractivity contribution in [2.45, 2.75) is 19.5 Å². The monoisotopic (exact) mass is 284 g/mol. The van der Waals surface area contributed by atoms with Crippen LogP contribution in [0.25, 0.3) is 11.4 Å². The highest BCUT2D eigenvalue weighted by Gasteiger charge is 2.30. The number of nitrogens with zero attached hydrogens (tertiary/aromatic N) is 1. The fraction of sp³-hybridized carbons (Fsp3) is 0.231. The minimum Gasteiger partial charge on any atom is -0.476 e. The maximum absolute atomic E-state index is 12.4. The molecule has 2 rings (SSSR count). The Balaban J connectivity index is 2.39. The van der Waals surface area contributed by atoms with E-state index in [2.05, 4.69) is 9.97 Å². The van der Waals surface area contributed by atoms with Crippen LogP contribution in [0.3, 0.4) is 0 Å². The van der Waals surface area contributed by atoms with Gasteiger partial charge in [-0.2, -0.15) is 13.2 Å². The Kier molecular flexibility index (Phi) is 3.52. The van der Waals surface area contributed by atoms with E-state index in [1.807, 2.05) is 0 Å². The first kappa shape index (κ1) is 14.1. The number of halogens is 3. The number of aromatic carboxylic acids is 1. The number of alkyl halides is 3. The van der Waals surface area contributed by atoms with Gasteiger partial charge in [0.15, 0.2) is 5.69 Å². The van der Waals surface area contributed by atoms with Crippen LogP contribution < -0.4 is 0 Å². The first-order chi connectivity index (χ1) is 9.32. The van der Waals surface area contributed by atoms with Gasteiger partial charge in [0.1, 0.15) is 5.82 Å². The molecule has 0 aliphatic rings. The SMILES string of the molecule is CCc1[nH]c(-c2ccc(C(F)(F)F)cc2)nc1C(=O)O. The van der Waals surface area contributed by atoms with Crippen LogP contribution in [0.1, 0.15) is 28.7 Å². The van der Waals surface area contributed by atoms with Crippen LogP contribution in [-0.4, -0.2) is 21.0 Å². The summed E-state index contributed by atoms with van der Waals surface area (Å²) in [5.74, 6) is -0.927. The molecule has 0 bridgehead atoms. The van der Waals surface area contributed by atoms with Crippen molar-refractivity contribution in [1.82, 2.24) is 9.97 Å². The van der Waals surface area contributed by atoms with E-state index in [-0.39, 0.29) is 11.5 Å². The van der Waals surface area contributed by atoms with Gasteiger partial charge in [-0.1, -0.05) is 19.1 Å². The summed E-state index contributed by atoms with van der Waals surface area (Å²) in [4.78, 5) is 17.7. The molecule has 2 aromatic rings. The molecular weight excluding hydrogens is 273 g/mol. The Bertz CT molecular complexity index is 630. The summed E-state index contributed by atoms with van der Waals surface area (Å²) in [6, 6.07) is 4.38. The lowest BCUT2D eigenvalue weighted by Gasteiger charge is -2.06. The van der Waals surface area contributed by atoms with Crippen LogP contribution in [0.5, 0.6) is 0 Å². The molecule has 0 aliphatic carbocycles. The zero-order valence-electron chi connectivity index (χ0n) is 10.5. The first-order valence-electron chi connectivity index (χ1n) is 5.82. The average Bonchev–Trinajstić information content (AvgIpc) is 2.82. The third-order valence-corrected chi connectivity index (χ3v) is 2.82. The van der Waals surface area contributed by atoms with E-state index in [1.54, 1.807) is 6.92 Å². The molecule has 0 aliphatic heterocycles. The van der Waals surface area contributed by atoms with Gasteiger partial charge in [-0.25, -0.2) is 9.78 Å². The molecule has 0 radical (unpaired) electrons. The van der Waals surface area contributed by atoms with Crippen molar-refractivity contribution >= 4 is 5.97 Å². The second kappa shape index (κ2) is 4.99. The third kappa shape index (κ3) is 2.66. The van der Waals surface area contributed by atoms with Gasteiger partial charge in [-0.3, -0.25) is 0 Å². The number of rotatable bonds is 3. The molecule has 2 N–H and O–H groups in total. The molecule has 1 aromatic carbocycles. The molecule has 0 saturated carbocycles. The Labute approximate surface area is 112 Å². The van der Waals surface area contributed by atoms with Gasteiger partial charge < -0.3 is 10.1 Å². The summed E-state index contributed by atoms with van der Waals surface area (Å²) < 4.78 is 37.3. The number of imidazole rings is 1. The maximum atomic E-state index is 12.4. The quantitative estimate of drug-likeness (QED) is 0.908. The first-order valence-corrected chi connectivity index (χ1v) is 5.82. The zero-order valence-corrected chi connectivity index (χ0v) is 10.5. The van der Waals surface area contributed by atoms with Crippen molar-refractivity contribution in [2.24, 2.45) is 0 Å². The van der Waals surface area contributed by atoms with Gasteiger partial charge in [0.05, 0.1) is 5.56 Å². The molecule has 0 atom stereocenters. The fourth-order valence-corrected chi connectivity index (χ4v) is 1.80. The number of aromatic amines is 1. The summed E-state index contributed by atoms with van der Waals surface area (Å²) in [6.07, 6.45) is -3.96. The van der Waals surface area contributed by atoms with Gasteiger partial charge in [0.2, 0.25) is 0 Å². The van der Waals surface area contributed by atoms with E-state index in [9.17, 15) is 18.0 Å². The normalized spacial score (nSPS) is 11.6. The highest BCUT2D eigenvalue weighted by molar-refractivity contribution is 5.87. The lowest BCUT2D eigenvalue weighted by Crippen LogP contribution is -2.04. The summed E-state index contributed by atoms with van der Waals surface area (Å²) in [7, 11) is 0. The van der Waals surface area contributed by atoms with Crippen LogP contribution in [0, 0.1) is 0 Å². The van der Waals surface area contributed by atoms with E-state index in [4.69, 9.17) is 5.11 Å². The predicted octanol–water partition coefficient (Wildman–Crippen LogP) is 3.36. The standard InChI is InChI=1S/C13H11F3N2O2/c1-2-9-10(12(19)20)18-11(17-9)7-3-5-8(6-4-7)13(14,15)16/h3-6H,2H2,1H3,(H,17,18)(H,19,20). The molecule has 0 unspecified atom stereocenters. The minimum absolute atomic E-state index is 0.109. The van der Waals surface area contributed by atoms with Crippen LogP contribution in [0.15, 0.2) is 24.3 Å². The average molecular weight is 284 g/mol. The number of aryl methyl sites for hydroxylation is 1. The molecule has 20 heavy (non-hydrogen) atoms. The van der Waals surface area contributed by atoms with Crippen molar-refractivity contribution in [1.29, 1.82) is 0 Å². The van der Waals surface area contributed by atoms with Crippen LogP contribution in [0.2, 0.25) is 0 Å². The van der Waals surface area contributed by atoms with Gasteiger partial charge in [-0.05, 0) is 18.6 Å². The van der Waals surface area contributed by atoms with E-state index in [1.165, 1.54) is 12.1 Å². The lowest BCUT2D eigenvalue weighted by molar-refractivity contribution is -0.137. The molecule has 106 valence electrons. The Hall–Kier alpha value is -2.31. The second-order valence-electron chi connectivity index (χ2n) is 4.15. The Morgan fingerprint density at radius 2 is 1.90 bits per heavy atom. The zero-order chi connectivity index (χ0) is 14.9. The molecular formula is C13H11F3N2O2. The molecule has 7 heteroatoms. The van der Waals surface area contributed by atoms with E-state index < -0.39 is 17.7 Å². The molecule has 1 heterocycles. The van der Waals surface area contributed by atoms with Gasteiger partial charge in [0.25, 0.3) is 0 Å². The van der Waals surface area contributed by atoms with Crippen molar-refractivity contribution < 1.29 is 23.1 Å². The number of carboxylic acid groups (broad SMARTS) is 1. The maximum Gasteiger partial charge on any atom is 0.416 e. The topological polar surface area (TPSA) is 66.0 Å². The molecule has 1 aromatic heterocycles. The summed E-state index contributed by atoms with van der Waals surface area (Å²) in [6.45, 7) is 1.76. The largest absolute Gasteiger partial charge is 0.476 e. The van der Waals surface area contributed by atoms with Gasteiger partial charge >= 0.3 is 12.1 Å². The number of aromatic nitrogens is 2. The highest BCUT2D eigenvalue weighted by Crippen LogP contribution is 2.30. The van der Waals surface area contributed by atoms with Crippen molar-refractivity contribution in [3.63, 3.8) is 0 Å². The molecule has 0 spiro atoms. The lowest BCUT2D eigenvalue weighted by atomic mass is 10.1. The van der Waals surface area contributed by atoms with E-state index >= 15 is 0 Å². The second-order valence-corrected chi connectivity index (χ2v) is 4.15. The fourth-order valence-electron chi connectivity index (χ4n) is 1.80. The third-order valence-electron chi connectivity index (χ3n) is 2.82. The number of hydrogen-bond donors (Lipinski definition) is 2. The number of benzene rings is 1. The van der Waals surface area contributed by atoms with E-state index in [0.717, 1.165) is 12.1 Å². The Morgan fingerprint density at radius 1 is 1.30 bits per heavy atom. The van der Waals surface area contributed by atoms with Crippen LogP contribution in [-0.2, 0) is 12.6 Å². The summed E-state index contributed by atoms with van der Waals surface area (Å²) >= 11 is 0. The number of hydrogen-bond acceptors (Lipinski definition) is 2. The molecule has 0 fully saturated rings. The summed E-state index contributed by atoms with van der Waals surface area (Å²) in [5.41, 5.74) is -0.0306. The number of H-pyrrole nitrogens is 1. The smallest absolute Gasteiger partial charge is 0.416 e. The molecule has 0 saturated heterocycles. The minimum atomic E-state index is -4.40. The number of carboxylic acids is 1. The number of carbonyl (C=O) groups is 1. The van der Waals surface area contributed by atoms with Crippen molar-refractivity contribution in [3.05, 3.63) is 41.2 Å². The van der Waals surface area contributed by atoms with Crippen molar-refractivity contribution in [3.8, 4) is 11.4 Å². The van der Waals surface area contributed by atoms with Crippen LogP contribution >= 0.6 is 0 Å². The predicted molar refractivity (Wildman–Crippen MR) is 65.4 cm³/mol. The molecule has 4 nitrogen and oxygen atoms in total. The highest BCUT2D eigenvalue weighted by atomic mass is 19.4. The molecule has 0 amide bonds. The van der Waals surface area contributed by atoms with Gasteiger partial charge in [-0.15, -0.1) is 0 Å². The van der Waals surface area contributed by atoms with Crippen LogP contribution in [0.4, 0.5) is 13.2 Å². The van der Waals surface area contributed by atoms with Gasteiger partial charge in [0, 0.05) is 11.3 Å². The van der Waals surface area contributed by atoms with E-state index in [0.29, 0.717) is 17.7 Å². The Morgan fingerprint density at radius 3 is 2.30 bits per heavy atom. The summed E-state index contributed by atoms with van der Waals surface area (Å²) in [5, 5.41) is 8.98. The number of nitrogens with one attached hydrogen (secondary N) is 1. The van der Waals surface area contributed by atoms with Crippen molar-refractivity contribution in [2.75, 3.05) is 0 Å².